The first kappa shape index (κ1) is 37.3. The predicted molar refractivity (Wildman–Crippen MR) is 156 cm³/mol. The fourth-order valence-electron chi connectivity index (χ4n) is 4.48. The van der Waals surface area contributed by atoms with Crippen molar-refractivity contribution < 1.29 is 38.2 Å². The second kappa shape index (κ2) is 24.2. The van der Waals surface area contributed by atoms with E-state index in [2.05, 4.69) is 6.92 Å². The Kier molecular flexibility index (Phi) is 23.1. The molecule has 0 aromatic rings. The number of aliphatic carboxylic acids is 1. The smallest absolute Gasteiger partial charge is 0.362 e. The number of unbranched alkanes of at least 4 members (excludes halogenated alkanes) is 13. The Bertz CT molecular complexity index is 633. The molecule has 0 rings (SSSR count). The molecular formula is C31H60NO7+. The number of nitrogens with zero attached hydrogens (tertiary/aromatic N) is 1. The number of rotatable bonds is 27. The van der Waals surface area contributed by atoms with Gasteiger partial charge in [0.15, 0.2) is 12.1 Å². The Morgan fingerprint density at radius 3 is 1.64 bits per heavy atom. The van der Waals surface area contributed by atoms with Gasteiger partial charge in [-0.2, -0.15) is 0 Å². The maximum Gasteiger partial charge on any atom is 0.362 e. The highest BCUT2D eigenvalue weighted by Crippen LogP contribution is 2.14. The van der Waals surface area contributed by atoms with Gasteiger partial charge in [-0.3, -0.25) is 9.59 Å². The average Bonchev–Trinajstić information content (AvgIpc) is 2.87. The molecule has 8 heteroatoms. The molecule has 230 valence electrons. The molecule has 0 aliphatic carbocycles. The minimum Gasteiger partial charge on any atom is -0.477 e. The summed E-state index contributed by atoms with van der Waals surface area (Å²) in [4.78, 5) is 35.9. The average molecular weight is 559 g/mol. The summed E-state index contributed by atoms with van der Waals surface area (Å²) in [5.41, 5.74) is 0. The normalized spacial score (nSPS) is 13.2. The number of likely N-dealkylation sites (N-methyl/N-ethyl adjacent to an activating group) is 1. The van der Waals surface area contributed by atoms with Gasteiger partial charge in [0.2, 0.25) is 0 Å². The lowest BCUT2D eigenvalue weighted by Crippen LogP contribution is -2.50. The van der Waals surface area contributed by atoms with Crippen LogP contribution >= 0.6 is 0 Å². The maximum atomic E-state index is 12.4. The number of hydrogen-bond donors (Lipinski definition) is 1. The molecule has 0 spiro atoms. The zero-order chi connectivity index (χ0) is 29.4. The van der Waals surface area contributed by atoms with Gasteiger partial charge in [0.25, 0.3) is 0 Å². The molecule has 0 heterocycles. The standard InChI is InChI=1S/C31H59NO7/c1-6-8-10-11-12-13-14-15-16-17-18-19-20-22-30(34)39-27(26-38-29(33)21-9-7-2)25-37-24-23-28(31(35)36)32(3,4)5/h27-28H,6-26H2,1-5H3/p+1. The lowest BCUT2D eigenvalue weighted by molar-refractivity contribution is -0.887. The number of ether oxygens (including phenoxy) is 3. The van der Waals surface area contributed by atoms with E-state index in [9.17, 15) is 19.5 Å². The van der Waals surface area contributed by atoms with Gasteiger partial charge in [-0.15, -0.1) is 0 Å². The van der Waals surface area contributed by atoms with E-state index in [1.165, 1.54) is 64.2 Å². The summed E-state index contributed by atoms with van der Waals surface area (Å²) in [6.45, 7) is 4.48. The Labute approximate surface area is 238 Å². The van der Waals surface area contributed by atoms with E-state index in [1.807, 2.05) is 28.1 Å². The molecule has 0 saturated carbocycles. The summed E-state index contributed by atoms with van der Waals surface area (Å²) >= 11 is 0. The van der Waals surface area contributed by atoms with E-state index in [-0.39, 0.29) is 36.2 Å². The highest BCUT2D eigenvalue weighted by atomic mass is 16.6. The van der Waals surface area contributed by atoms with Crippen molar-refractivity contribution in [2.24, 2.45) is 0 Å². The number of quaternary nitrogens is 1. The lowest BCUT2D eigenvalue weighted by atomic mass is 10.0. The zero-order valence-corrected chi connectivity index (χ0v) is 25.8. The van der Waals surface area contributed by atoms with Crippen LogP contribution in [0.2, 0.25) is 0 Å². The Balaban J connectivity index is 4.26. The largest absolute Gasteiger partial charge is 0.477 e. The number of carboxylic acid groups (broad SMARTS) is 1. The molecule has 0 fully saturated rings. The molecule has 39 heavy (non-hydrogen) atoms. The van der Waals surface area contributed by atoms with Crippen LogP contribution in [-0.2, 0) is 28.6 Å². The summed E-state index contributed by atoms with van der Waals surface area (Å²) < 4.78 is 16.8. The number of carboxylic acids is 1. The van der Waals surface area contributed by atoms with Crippen LogP contribution in [0.3, 0.4) is 0 Å². The van der Waals surface area contributed by atoms with Crippen LogP contribution in [0.4, 0.5) is 0 Å². The van der Waals surface area contributed by atoms with Crippen molar-refractivity contribution in [3.8, 4) is 0 Å². The summed E-state index contributed by atoms with van der Waals surface area (Å²) in [5, 5.41) is 9.47. The van der Waals surface area contributed by atoms with E-state index < -0.39 is 18.1 Å². The Morgan fingerprint density at radius 2 is 1.15 bits per heavy atom. The van der Waals surface area contributed by atoms with Crippen LogP contribution in [0.25, 0.3) is 0 Å². The van der Waals surface area contributed by atoms with E-state index in [1.54, 1.807) is 0 Å². The molecule has 0 saturated heterocycles. The van der Waals surface area contributed by atoms with Crippen LogP contribution in [0.1, 0.15) is 129 Å². The molecule has 8 nitrogen and oxygen atoms in total. The number of carbonyl (C=O) groups excluding carboxylic acids is 2. The van der Waals surface area contributed by atoms with Gasteiger partial charge in [-0.05, 0) is 12.8 Å². The van der Waals surface area contributed by atoms with Gasteiger partial charge < -0.3 is 23.8 Å². The molecule has 0 aliphatic rings. The summed E-state index contributed by atoms with van der Waals surface area (Å²) in [5.74, 6) is -1.51. The van der Waals surface area contributed by atoms with Crippen molar-refractivity contribution in [2.45, 2.75) is 142 Å². The molecule has 0 aromatic heterocycles. The molecule has 2 unspecified atom stereocenters. The minimum atomic E-state index is -0.878. The summed E-state index contributed by atoms with van der Waals surface area (Å²) in [6.07, 6.45) is 18.1. The molecule has 0 amide bonds. The molecule has 1 N–H and O–H groups in total. The van der Waals surface area contributed by atoms with E-state index in [4.69, 9.17) is 14.2 Å². The predicted octanol–water partition coefficient (Wildman–Crippen LogP) is 6.68. The number of esters is 2. The summed E-state index contributed by atoms with van der Waals surface area (Å²) in [6, 6.07) is -0.603. The zero-order valence-electron chi connectivity index (χ0n) is 25.8. The highest BCUT2D eigenvalue weighted by Gasteiger charge is 2.31. The first-order valence-corrected chi connectivity index (χ1v) is 15.6. The third kappa shape index (κ3) is 22.8. The number of hydrogen-bond acceptors (Lipinski definition) is 6. The molecule has 0 aliphatic heterocycles. The second-order valence-electron chi connectivity index (χ2n) is 11.7. The quantitative estimate of drug-likeness (QED) is 0.0682. The van der Waals surface area contributed by atoms with Crippen molar-refractivity contribution in [3.63, 3.8) is 0 Å². The topological polar surface area (TPSA) is 99.1 Å². The molecule has 0 aromatic carbocycles. The molecule has 0 bridgehead atoms. The van der Waals surface area contributed by atoms with Crippen molar-refractivity contribution in [1.82, 2.24) is 0 Å². The molecule has 2 atom stereocenters. The van der Waals surface area contributed by atoms with Crippen LogP contribution < -0.4 is 0 Å². The van der Waals surface area contributed by atoms with E-state index in [0.29, 0.717) is 19.3 Å². The van der Waals surface area contributed by atoms with Gasteiger partial charge in [-0.1, -0.05) is 97.3 Å². The van der Waals surface area contributed by atoms with Gasteiger partial charge in [-0.25, -0.2) is 4.79 Å². The van der Waals surface area contributed by atoms with Gasteiger partial charge in [0, 0.05) is 19.3 Å². The lowest BCUT2D eigenvalue weighted by Gasteiger charge is -2.31. The second-order valence-corrected chi connectivity index (χ2v) is 11.7. The molecule has 0 radical (unpaired) electrons. The fourth-order valence-corrected chi connectivity index (χ4v) is 4.48. The monoisotopic (exact) mass is 558 g/mol. The molecular weight excluding hydrogens is 498 g/mol. The van der Waals surface area contributed by atoms with Gasteiger partial charge in [0.05, 0.1) is 34.4 Å². The van der Waals surface area contributed by atoms with Gasteiger partial charge in [0.1, 0.15) is 6.61 Å². The van der Waals surface area contributed by atoms with Crippen LogP contribution in [0, 0.1) is 0 Å². The summed E-state index contributed by atoms with van der Waals surface area (Å²) in [7, 11) is 5.49. The third-order valence-electron chi connectivity index (χ3n) is 7.01. The SMILES string of the molecule is CCCCCCCCCCCCCCCC(=O)OC(COCCC(C(=O)O)[N+](C)(C)C)COC(=O)CCCC. The first-order valence-electron chi connectivity index (χ1n) is 15.6. The van der Waals surface area contributed by atoms with E-state index >= 15 is 0 Å². The highest BCUT2D eigenvalue weighted by molar-refractivity contribution is 5.72. The van der Waals surface area contributed by atoms with Crippen LogP contribution in [-0.4, -0.2) is 80.6 Å². The first-order chi connectivity index (χ1) is 18.6. The van der Waals surface area contributed by atoms with Crippen molar-refractivity contribution >= 4 is 17.9 Å². The maximum absolute atomic E-state index is 12.4. The van der Waals surface area contributed by atoms with Crippen LogP contribution in [0.5, 0.6) is 0 Å². The number of carbonyl (C=O) groups is 3. The van der Waals surface area contributed by atoms with Crippen molar-refractivity contribution in [2.75, 3.05) is 41.0 Å². The third-order valence-corrected chi connectivity index (χ3v) is 7.01. The Hall–Kier alpha value is -1.67. The minimum absolute atomic E-state index is 0.0510. The van der Waals surface area contributed by atoms with Gasteiger partial charge >= 0.3 is 17.9 Å². The van der Waals surface area contributed by atoms with E-state index in [0.717, 1.165) is 32.1 Å². The Morgan fingerprint density at radius 1 is 0.667 bits per heavy atom. The fraction of sp³-hybridized carbons (Fsp3) is 0.903. The van der Waals surface area contributed by atoms with Crippen LogP contribution in [0.15, 0.2) is 0 Å². The van der Waals surface area contributed by atoms with Crippen molar-refractivity contribution in [3.05, 3.63) is 0 Å². The van der Waals surface area contributed by atoms with Crippen molar-refractivity contribution in [1.29, 1.82) is 0 Å².